The fourth-order valence-corrected chi connectivity index (χ4v) is 13.4. The van der Waals surface area contributed by atoms with E-state index in [0.717, 1.165) is 0 Å². The molecule has 0 N–H and O–H groups in total. The molecule has 5 rings (SSSR count). The Kier molecular flexibility index (Phi) is 33.5. The first-order chi connectivity index (χ1) is 31.5. The van der Waals surface area contributed by atoms with Gasteiger partial charge < -0.3 is 37.1 Å². The van der Waals surface area contributed by atoms with Crippen LogP contribution in [-0.4, -0.2) is 162 Å². The standard InChI is InChI=1S/C41H60N4O18S6.5K/c1-40(2)33-29-31(42(18-6-24-64(46,47)48)19-7-25-65(49,50)51)13-15-35(33)44(22-10-28-68(58,59)60)37(40)11-5-12-38-41(3,4)34-30-32(14-16-36(34)45(38)23-17-39(45)69(61,62)63)43(20-8-26-66(52,53)54)21-9-27-67(55,56)57;;;;;/h5,11-16,29-30,39H,6-10,17-28H2,1-4H3,(H4-2,46,47,48,49,50,51,52,53,54,55,56,57,58,59,60,61,62,63);;;;;/q;5*+1/p-4/b11-5?,38-12+;;;;;. The summed E-state index contributed by atoms with van der Waals surface area (Å²) in [6.07, 6.45) is 4.54. The predicted molar refractivity (Wildman–Crippen MR) is 251 cm³/mol. The van der Waals surface area contributed by atoms with Crippen molar-refractivity contribution in [1.29, 1.82) is 0 Å². The molecule has 3 heterocycles. The predicted octanol–water partition coefficient (Wildman–Crippen LogP) is -13.6. The van der Waals surface area contributed by atoms with Crippen LogP contribution >= 0.6 is 0 Å². The molecule has 388 valence electrons. The molecule has 2 unspecified atom stereocenters. The summed E-state index contributed by atoms with van der Waals surface area (Å²) in [6.45, 7) is 7.56. The molecular formula is C41H56K5N4O18S6+. The van der Waals surface area contributed by atoms with E-state index in [9.17, 15) is 77.8 Å². The zero-order chi connectivity index (χ0) is 51.8. The molecule has 0 bridgehead atoms. The molecule has 3 aliphatic rings. The molecule has 22 nitrogen and oxygen atoms in total. The molecule has 1 spiro atoms. The van der Waals surface area contributed by atoms with Gasteiger partial charge in [0.2, 0.25) is 5.69 Å². The zero-order valence-corrected chi connectivity index (χ0v) is 63.9. The molecule has 33 heteroatoms. The maximum Gasteiger partial charge on any atom is 1.00 e. The number of quaternary nitrogens is 1. The molecule has 0 radical (unpaired) electrons. The van der Waals surface area contributed by atoms with E-state index < -0.39 is 106 Å². The van der Waals surface area contributed by atoms with Crippen LogP contribution < -0.4 is 271 Å². The average molecular weight is 1280 g/mol. The third kappa shape index (κ3) is 21.9. The number of benzene rings is 2. The second kappa shape index (κ2) is 31.4. The van der Waals surface area contributed by atoms with E-state index >= 15 is 0 Å². The smallest absolute Gasteiger partial charge is 0.748 e. The quantitative estimate of drug-likeness (QED) is 0.0386. The monoisotopic (exact) mass is 1280 g/mol. The number of hydrogen-bond donors (Lipinski definition) is 0. The zero-order valence-electron chi connectivity index (χ0n) is 43.4. The third-order valence-corrected chi connectivity index (χ3v) is 18.1. The van der Waals surface area contributed by atoms with Gasteiger partial charge in [0, 0.05) is 102 Å². The number of nitrogens with zero attached hydrogens (tertiary/aromatic N) is 4. The molecule has 1 saturated heterocycles. The van der Waals surface area contributed by atoms with Gasteiger partial charge >= 0.3 is 257 Å². The van der Waals surface area contributed by atoms with Gasteiger partial charge in [0.25, 0.3) is 0 Å². The number of hydrogen-bond acceptors (Lipinski definition) is 20. The van der Waals surface area contributed by atoms with Crippen molar-refractivity contribution in [1.82, 2.24) is 4.48 Å². The van der Waals surface area contributed by atoms with Gasteiger partial charge in [-0.05, 0) is 83.7 Å². The molecule has 2 atom stereocenters. The maximum absolute atomic E-state index is 13.0. The normalized spacial score (nSPS) is 19.5. The van der Waals surface area contributed by atoms with Crippen LogP contribution in [0.4, 0.5) is 22.7 Å². The van der Waals surface area contributed by atoms with Gasteiger partial charge in [-0.3, -0.25) is 0 Å². The second-order valence-electron chi connectivity index (χ2n) is 18.5. The first kappa shape index (κ1) is 78.8. The summed E-state index contributed by atoms with van der Waals surface area (Å²) >= 11 is 0. The van der Waals surface area contributed by atoms with Crippen molar-refractivity contribution in [3.05, 3.63) is 71.5 Å². The van der Waals surface area contributed by atoms with Crippen molar-refractivity contribution in [3.8, 4) is 0 Å². The number of anilines is 2. The number of allylic oxidation sites excluding steroid dienone is 4. The fourth-order valence-electron chi connectivity index (χ4n) is 9.79. The number of rotatable bonds is 25. The van der Waals surface area contributed by atoms with Crippen LogP contribution in [0.1, 0.15) is 77.3 Å². The van der Waals surface area contributed by atoms with E-state index in [2.05, 4.69) is 0 Å². The first-order valence-corrected chi connectivity index (χ1v) is 31.2. The summed E-state index contributed by atoms with van der Waals surface area (Å²) in [6, 6.07) is 10.1. The van der Waals surface area contributed by atoms with E-state index in [0.29, 0.717) is 45.3 Å². The van der Waals surface area contributed by atoms with E-state index in [1.165, 1.54) is 0 Å². The van der Waals surface area contributed by atoms with Gasteiger partial charge in [-0.2, -0.15) is 4.58 Å². The SMILES string of the molecule is CC1(C)C(C=C/C=C2\C(C)(C)c3cc(N(CCCS(=O)(=O)[O-])CCCS(=O)(=O)[O-])ccc3[N+]23CCC3S(=O)(=O)[O-])=[N+](CCCS(=O)(=O)[O-])c2ccc(N(CCCS(=O)(=O)[O-])CCCS(=O)(=O)[O-])cc21.[K+].[K+].[K+].[K+].[K+]. The second-order valence-corrected chi connectivity index (χ2v) is 27.6. The van der Waals surface area contributed by atoms with Crippen molar-refractivity contribution in [2.24, 2.45) is 0 Å². The Hall–Kier alpha value is 4.79. The Labute approximate surface area is 650 Å². The van der Waals surface area contributed by atoms with Gasteiger partial charge in [-0.15, -0.1) is 0 Å². The van der Waals surface area contributed by atoms with Crippen molar-refractivity contribution < 1.29 is 339 Å². The summed E-state index contributed by atoms with van der Waals surface area (Å²) < 4.78 is 213. The van der Waals surface area contributed by atoms with Gasteiger partial charge in [0.15, 0.2) is 21.2 Å². The fraction of sp³-hybridized carbons (Fsp3) is 0.585. The van der Waals surface area contributed by atoms with Crippen LogP contribution in [0.3, 0.4) is 0 Å². The molecule has 0 aromatic heterocycles. The molecular weight excluding hydrogens is 1220 g/mol. The van der Waals surface area contributed by atoms with Gasteiger partial charge in [0.1, 0.15) is 17.9 Å². The maximum atomic E-state index is 13.0. The Morgan fingerprint density at radius 2 is 0.959 bits per heavy atom. The first-order valence-electron chi connectivity index (χ1n) is 21.8. The minimum absolute atomic E-state index is 0. The van der Waals surface area contributed by atoms with E-state index in [4.69, 9.17) is 0 Å². The summed E-state index contributed by atoms with van der Waals surface area (Å²) in [5, 5.41) is -1.43. The van der Waals surface area contributed by atoms with Crippen molar-refractivity contribution in [2.75, 3.05) is 77.8 Å². The Balaban J connectivity index is 0.0000107. The van der Waals surface area contributed by atoms with Crippen molar-refractivity contribution in [3.63, 3.8) is 0 Å². The third-order valence-electron chi connectivity index (χ3n) is 12.9. The topological polar surface area (TPSA) is 353 Å². The van der Waals surface area contributed by atoms with E-state index in [1.54, 1.807) is 64.4 Å². The Morgan fingerprint density at radius 3 is 1.34 bits per heavy atom. The van der Waals surface area contributed by atoms with E-state index in [1.807, 2.05) is 32.3 Å². The summed E-state index contributed by atoms with van der Waals surface area (Å²) in [5.41, 5.74) is 2.45. The molecule has 3 aliphatic heterocycles. The van der Waals surface area contributed by atoms with Crippen LogP contribution in [-0.2, 0) is 71.5 Å². The Morgan fingerprint density at radius 1 is 0.568 bits per heavy atom. The van der Waals surface area contributed by atoms with Gasteiger partial charge in [-0.25, -0.2) is 55.0 Å². The summed E-state index contributed by atoms with van der Waals surface area (Å²) in [7, 11) is -28.0. The molecule has 0 amide bonds. The van der Waals surface area contributed by atoms with E-state index in [-0.39, 0.29) is 339 Å². The molecule has 74 heavy (non-hydrogen) atoms. The Bertz CT molecular complexity index is 3030. The van der Waals surface area contributed by atoms with Crippen LogP contribution in [0.15, 0.2) is 60.3 Å². The molecule has 2 aromatic rings. The van der Waals surface area contributed by atoms with Crippen LogP contribution in [0.25, 0.3) is 0 Å². The molecule has 2 aromatic carbocycles. The molecule has 0 saturated carbocycles. The average Bonchev–Trinajstić information content (AvgIpc) is 3.50. The van der Waals surface area contributed by atoms with Crippen LogP contribution in [0.5, 0.6) is 0 Å². The summed E-state index contributed by atoms with van der Waals surface area (Å²) in [5.74, 6) is -3.52. The van der Waals surface area contributed by atoms with Gasteiger partial charge in [0.05, 0.1) is 74.4 Å². The number of fused-ring (bicyclic) bond motifs is 3. The van der Waals surface area contributed by atoms with Gasteiger partial charge in [-0.1, -0.05) is 6.08 Å². The largest absolute Gasteiger partial charge is 1.00 e. The minimum atomic E-state index is -4.94. The molecule has 1 fully saturated rings. The minimum Gasteiger partial charge on any atom is -0.748 e. The van der Waals surface area contributed by atoms with Crippen LogP contribution in [0, 0.1) is 0 Å². The van der Waals surface area contributed by atoms with Crippen molar-refractivity contribution >= 4 is 89.2 Å². The molecule has 0 aliphatic carbocycles. The summed E-state index contributed by atoms with van der Waals surface area (Å²) in [4.78, 5) is 3.27. The van der Waals surface area contributed by atoms with Crippen molar-refractivity contribution in [2.45, 2.75) is 82.4 Å². The van der Waals surface area contributed by atoms with Crippen LogP contribution in [0.2, 0.25) is 0 Å².